The molecular weight excluding hydrogens is 195 g/mol. The first kappa shape index (κ1) is 12.0. The van der Waals surface area contributed by atoms with E-state index in [2.05, 4.69) is 10.1 Å². The number of piperidine rings is 1. The van der Waals surface area contributed by atoms with Gasteiger partial charge in [0.1, 0.15) is 0 Å². The first-order chi connectivity index (χ1) is 5.08. The van der Waals surface area contributed by atoms with Crippen LogP contribution < -0.4 is 5.32 Å². The summed E-state index contributed by atoms with van der Waals surface area (Å²) in [5.74, 6) is 0. The van der Waals surface area contributed by atoms with Gasteiger partial charge in [0.05, 0.1) is 6.10 Å². The van der Waals surface area contributed by atoms with E-state index in [1.807, 2.05) is 0 Å². The average molecular weight is 206 g/mol. The molecule has 1 saturated heterocycles. The quantitative estimate of drug-likeness (QED) is 0.704. The molecule has 0 unspecified atom stereocenters. The van der Waals surface area contributed by atoms with Crippen LogP contribution in [-0.4, -0.2) is 25.6 Å². The first-order valence-corrected chi connectivity index (χ1v) is 3.53. The normalized spacial score (nSPS) is 20.2. The Morgan fingerprint density at radius 1 is 1.17 bits per heavy atom. The summed E-state index contributed by atoms with van der Waals surface area (Å²) in [4.78, 5) is 0. The monoisotopic (exact) mass is 205 g/mol. The zero-order chi connectivity index (χ0) is 8.32. The largest absolute Gasteiger partial charge is 0.522 e. The number of ether oxygens (including phenoxy) is 1. The number of rotatable bonds is 1. The second-order valence-corrected chi connectivity index (χ2v) is 2.51. The lowest BCUT2D eigenvalue weighted by molar-refractivity contribution is -0.344. The Hall–Kier alpha value is -0.0000000000000000416. The molecule has 0 aromatic carbocycles. The summed E-state index contributed by atoms with van der Waals surface area (Å²) in [5, 5.41) is 2.95. The molecule has 12 heavy (non-hydrogen) atoms. The lowest BCUT2D eigenvalue weighted by Gasteiger charge is -2.23. The Labute approximate surface area is 74.9 Å². The molecule has 0 aromatic rings. The van der Waals surface area contributed by atoms with Crippen LogP contribution in [0.25, 0.3) is 0 Å². The van der Waals surface area contributed by atoms with Crippen molar-refractivity contribution in [2.45, 2.75) is 25.3 Å². The van der Waals surface area contributed by atoms with E-state index in [1.54, 1.807) is 0 Å². The maximum atomic E-state index is 11.6. The van der Waals surface area contributed by atoms with Crippen molar-refractivity contribution in [1.29, 1.82) is 0 Å². The summed E-state index contributed by atoms with van der Waals surface area (Å²) in [6.07, 6.45) is -4.22. The van der Waals surface area contributed by atoms with E-state index < -0.39 is 12.5 Å². The van der Waals surface area contributed by atoms with Gasteiger partial charge in [0, 0.05) is 0 Å². The molecule has 1 aliphatic heterocycles. The van der Waals surface area contributed by atoms with Crippen LogP contribution in [0.15, 0.2) is 0 Å². The van der Waals surface area contributed by atoms with Crippen molar-refractivity contribution in [3.63, 3.8) is 0 Å². The smallest absolute Gasteiger partial charge is 0.317 e. The maximum absolute atomic E-state index is 11.6. The third-order valence-corrected chi connectivity index (χ3v) is 1.59. The van der Waals surface area contributed by atoms with Gasteiger partial charge in [-0.3, -0.25) is 4.74 Å². The first-order valence-electron chi connectivity index (χ1n) is 3.53. The fourth-order valence-electron chi connectivity index (χ4n) is 1.10. The van der Waals surface area contributed by atoms with Crippen molar-refractivity contribution in [3.05, 3.63) is 0 Å². The van der Waals surface area contributed by atoms with Crippen LogP contribution in [0.1, 0.15) is 12.8 Å². The number of alkyl halides is 3. The van der Waals surface area contributed by atoms with E-state index in [9.17, 15) is 13.2 Å². The Kier molecular flexibility index (Phi) is 4.89. The Balaban J connectivity index is 0.00000121. The fraction of sp³-hybridized carbons (Fsp3) is 1.00. The van der Waals surface area contributed by atoms with Crippen molar-refractivity contribution in [2.24, 2.45) is 0 Å². The van der Waals surface area contributed by atoms with E-state index in [0.717, 1.165) is 0 Å². The van der Waals surface area contributed by atoms with E-state index >= 15 is 0 Å². The van der Waals surface area contributed by atoms with Crippen molar-refractivity contribution in [3.8, 4) is 0 Å². The van der Waals surface area contributed by atoms with Gasteiger partial charge in [-0.15, -0.1) is 25.6 Å². The van der Waals surface area contributed by atoms with Gasteiger partial charge in [-0.05, 0) is 25.9 Å². The van der Waals surface area contributed by atoms with Crippen LogP contribution in [-0.2, 0) is 4.74 Å². The van der Waals surface area contributed by atoms with Crippen molar-refractivity contribution in [2.75, 3.05) is 13.1 Å². The van der Waals surface area contributed by atoms with Gasteiger partial charge in [0.2, 0.25) is 0 Å². The molecule has 1 heterocycles. The third kappa shape index (κ3) is 4.79. The predicted octanol–water partition coefficient (Wildman–Crippen LogP) is 1.70. The van der Waals surface area contributed by atoms with Gasteiger partial charge in [-0.25, -0.2) is 0 Å². The molecule has 0 radical (unpaired) electrons. The van der Waals surface area contributed by atoms with Crippen LogP contribution in [0.3, 0.4) is 0 Å². The zero-order valence-electron chi connectivity index (χ0n) is 6.36. The minimum Gasteiger partial charge on any atom is -0.317 e. The molecule has 0 amide bonds. The summed E-state index contributed by atoms with van der Waals surface area (Å²) in [6, 6.07) is 0. The minimum absolute atomic E-state index is 0. The fourth-order valence-corrected chi connectivity index (χ4v) is 1.10. The highest BCUT2D eigenvalue weighted by molar-refractivity contribution is 5.85. The van der Waals surface area contributed by atoms with Gasteiger partial charge in [0.15, 0.2) is 0 Å². The third-order valence-electron chi connectivity index (χ3n) is 1.59. The van der Waals surface area contributed by atoms with E-state index in [-0.39, 0.29) is 12.4 Å². The minimum atomic E-state index is -4.47. The molecule has 0 atom stereocenters. The SMILES string of the molecule is Cl.FC(F)(F)OC1CCNCC1. The van der Waals surface area contributed by atoms with Gasteiger partial charge in [-0.2, -0.15) is 0 Å². The molecule has 74 valence electrons. The lowest BCUT2D eigenvalue weighted by Crippen LogP contribution is -2.35. The number of nitrogens with one attached hydrogen (secondary N) is 1. The Morgan fingerprint density at radius 2 is 1.67 bits per heavy atom. The van der Waals surface area contributed by atoms with E-state index in [1.165, 1.54) is 0 Å². The second-order valence-electron chi connectivity index (χ2n) is 2.51. The molecule has 1 fully saturated rings. The molecule has 0 aliphatic carbocycles. The van der Waals surface area contributed by atoms with Gasteiger partial charge < -0.3 is 5.32 Å². The zero-order valence-corrected chi connectivity index (χ0v) is 7.17. The Morgan fingerprint density at radius 3 is 2.08 bits per heavy atom. The van der Waals surface area contributed by atoms with Crippen LogP contribution in [0, 0.1) is 0 Å². The van der Waals surface area contributed by atoms with Crippen LogP contribution >= 0.6 is 12.4 Å². The number of halogens is 4. The molecule has 0 bridgehead atoms. The topological polar surface area (TPSA) is 21.3 Å². The molecule has 0 saturated carbocycles. The van der Waals surface area contributed by atoms with Gasteiger partial charge in [-0.1, -0.05) is 0 Å². The van der Waals surface area contributed by atoms with Crippen LogP contribution in [0.5, 0.6) is 0 Å². The summed E-state index contributed by atoms with van der Waals surface area (Å²) < 4.78 is 38.6. The summed E-state index contributed by atoms with van der Waals surface area (Å²) in [5.41, 5.74) is 0. The molecule has 1 aliphatic rings. The summed E-state index contributed by atoms with van der Waals surface area (Å²) in [7, 11) is 0. The number of hydrogen-bond acceptors (Lipinski definition) is 2. The highest BCUT2D eigenvalue weighted by atomic mass is 35.5. The van der Waals surface area contributed by atoms with Crippen molar-refractivity contribution in [1.82, 2.24) is 5.32 Å². The summed E-state index contributed by atoms with van der Waals surface area (Å²) >= 11 is 0. The molecule has 2 nitrogen and oxygen atoms in total. The average Bonchev–Trinajstić information content (AvgIpc) is 1.85. The highest BCUT2D eigenvalue weighted by Gasteiger charge is 2.33. The molecule has 6 heteroatoms. The van der Waals surface area contributed by atoms with Crippen molar-refractivity contribution < 1.29 is 17.9 Å². The standard InChI is InChI=1S/C6H10F3NO.ClH/c7-6(8,9)11-5-1-3-10-4-2-5;/h5,10H,1-4H2;1H. The summed E-state index contributed by atoms with van der Waals surface area (Å²) in [6.45, 7) is 1.22. The Bertz CT molecular complexity index is 124. The predicted molar refractivity (Wildman–Crippen MR) is 40.3 cm³/mol. The van der Waals surface area contributed by atoms with E-state index in [0.29, 0.717) is 25.9 Å². The van der Waals surface area contributed by atoms with Gasteiger partial charge in [0.25, 0.3) is 0 Å². The highest BCUT2D eigenvalue weighted by Crippen LogP contribution is 2.22. The lowest BCUT2D eigenvalue weighted by atomic mass is 10.1. The molecule has 1 rings (SSSR count). The molecular formula is C6H11ClF3NO. The maximum Gasteiger partial charge on any atom is 0.522 e. The van der Waals surface area contributed by atoms with Crippen LogP contribution in [0.4, 0.5) is 13.2 Å². The molecule has 0 aromatic heterocycles. The van der Waals surface area contributed by atoms with Crippen LogP contribution in [0.2, 0.25) is 0 Å². The second kappa shape index (κ2) is 4.89. The van der Waals surface area contributed by atoms with Gasteiger partial charge >= 0.3 is 6.36 Å². The molecule has 1 N–H and O–H groups in total. The number of hydrogen-bond donors (Lipinski definition) is 1. The molecule has 0 spiro atoms. The van der Waals surface area contributed by atoms with Crippen molar-refractivity contribution >= 4 is 12.4 Å². The van der Waals surface area contributed by atoms with E-state index in [4.69, 9.17) is 0 Å².